The van der Waals surface area contributed by atoms with E-state index >= 15 is 0 Å². The van der Waals surface area contributed by atoms with E-state index in [1.807, 2.05) is 71.6 Å². The topological polar surface area (TPSA) is 72.2 Å². The van der Waals surface area contributed by atoms with Gasteiger partial charge in [-0.1, -0.05) is 48.5 Å². The summed E-state index contributed by atoms with van der Waals surface area (Å²) in [6.45, 7) is 4.46. The van der Waals surface area contributed by atoms with Gasteiger partial charge in [-0.25, -0.2) is 4.68 Å². The Labute approximate surface area is 243 Å². The number of methoxy groups -OCH3 is 2. The normalized spacial score (nSPS) is 16.7. The third-order valence-corrected chi connectivity index (χ3v) is 8.25. The first-order chi connectivity index (χ1) is 20.1. The average molecular weight is 566 g/mol. The number of hydrogen-bond acceptors (Lipinski definition) is 7. The van der Waals surface area contributed by atoms with Gasteiger partial charge >= 0.3 is 0 Å². The number of amides is 1. The van der Waals surface area contributed by atoms with Gasteiger partial charge in [0.15, 0.2) is 16.7 Å². The lowest BCUT2D eigenvalue weighted by Crippen LogP contribution is -2.47. The van der Waals surface area contributed by atoms with Crippen molar-refractivity contribution >= 4 is 28.9 Å². The van der Waals surface area contributed by atoms with E-state index in [1.54, 1.807) is 14.2 Å². The molecule has 2 aliphatic rings. The molecule has 9 heteroatoms. The summed E-state index contributed by atoms with van der Waals surface area (Å²) in [5.74, 6) is 1.03. The lowest BCUT2D eigenvalue weighted by atomic mass is 10.1. The second-order valence-corrected chi connectivity index (χ2v) is 10.9. The fraction of sp³-hybridized carbons (Fsp3) is 0.219. The lowest BCUT2D eigenvalue weighted by molar-refractivity contribution is -0.113. The third kappa shape index (κ3) is 5.91. The molecule has 0 saturated carbocycles. The van der Waals surface area contributed by atoms with Crippen LogP contribution in [-0.2, 0) is 11.3 Å². The predicted octanol–water partition coefficient (Wildman–Crippen LogP) is 5.34. The number of amidine groups is 1. The monoisotopic (exact) mass is 565 g/mol. The van der Waals surface area contributed by atoms with E-state index in [9.17, 15) is 4.79 Å². The van der Waals surface area contributed by atoms with Crippen molar-refractivity contribution < 1.29 is 14.3 Å². The molecule has 0 N–H and O–H groups in total. The number of benzene rings is 3. The fourth-order valence-electron chi connectivity index (χ4n) is 5.03. The van der Waals surface area contributed by atoms with Crippen LogP contribution in [0.4, 0.5) is 0 Å². The van der Waals surface area contributed by atoms with Crippen molar-refractivity contribution in [3.63, 3.8) is 0 Å². The fourth-order valence-corrected chi connectivity index (χ4v) is 5.98. The minimum atomic E-state index is -0.220. The number of thioether (sulfide) groups is 1. The second-order valence-electron chi connectivity index (χ2n) is 9.84. The summed E-state index contributed by atoms with van der Waals surface area (Å²) in [6, 6.07) is 26.1. The number of piperazine rings is 1. The Morgan fingerprint density at radius 2 is 1.59 bits per heavy atom. The summed E-state index contributed by atoms with van der Waals surface area (Å²) in [6.07, 6.45) is 3.84. The highest BCUT2D eigenvalue weighted by molar-refractivity contribution is 8.18. The highest BCUT2D eigenvalue weighted by Gasteiger charge is 2.29. The number of nitrogens with zero attached hydrogens (tertiary/aromatic N) is 5. The van der Waals surface area contributed by atoms with Crippen LogP contribution in [0.3, 0.4) is 0 Å². The van der Waals surface area contributed by atoms with E-state index in [-0.39, 0.29) is 5.91 Å². The second kappa shape index (κ2) is 12.0. The number of carbonyl (C=O) groups is 1. The van der Waals surface area contributed by atoms with Gasteiger partial charge < -0.3 is 14.4 Å². The van der Waals surface area contributed by atoms with Crippen LogP contribution in [-0.4, -0.2) is 71.1 Å². The van der Waals surface area contributed by atoms with Gasteiger partial charge in [-0.15, -0.1) is 0 Å². The molecule has 1 amide bonds. The number of rotatable bonds is 7. The Morgan fingerprint density at radius 3 is 2.29 bits per heavy atom. The molecule has 4 aromatic rings. The molecule has 1 saturated heterocycles. The van der Waals surface area contributed by atoms with Crippen molar-refractivity contribution in [3.8, 4) is 28.4 Å². The van der Waals surface area contributed by atoms with Crippen LogP contribution < -0.4 is 9.47 Å². The molecule has 1 fully saturated rings. The molecule has 0 atom stereocenters. The maximum atomic E-state index is 13.1. The minimum Gasteiger partial charge on any atom is -0.493 e. The average Bonchev–Trinajstić information content (AvgIpc) is 3.61. The first-order valence-corrected chi connectivity index (χ1v) is 14.3. The molecule has 2 aliphatic heterocycles. The van der Waals surface area contributed by atoms with Crippen LogP contribution in [0.5, 0.6) is 11.5 Å². The molecule has 208 valence electrons. The summed E-state index contributed by atoms with van der Waals surface area (Å²) in [4.78, 5) is 22.7. The molecule has 0 aliphatic carbocycles. The SMILES string of the molecule is COc1ccc(-c2nn(-c3ccccc3)cc2C=C2SC(N3CCN(Cc4ccccc4)CC3)=NC2=O)cc1OC. The van der Waals surface area contributed by atoms with E-state index < -0.39 is 0 Å². The van der Waals surface area contributed by atoms with Crippen LogP contribution in [0.25, 0.3) is 23.0 Å². The Bertz CT molecular complexity index is 1590. The molecule has 3 heterocycles. The largest absolute Gasteiger partial charge is 0.493 e. The van der Waals surface area contributed by atoms with Crippen molar-refractivity contribution in [3.05, 3.63) is 101 Å². The number of aromatic nitrogens is 2. The van der Waals surface area contributed by atoms with E-state index in [4.69, 9.17) is 14.6 Å². The first-order valence-electron chi connectivity index (χ1n) is 13.5. The minimum absolute atomic E-state index is 0.220. The van der Waals surface area contributed by atoms with Crippen molar-refractivity contribution in [2.45, 2.75) is 6.54 Å². The van der Waals surface area contributed by atoms with Crippen LogP contribution in [0, 0.1) is 0 Å². The highest BCUT2D eigenvalue weighted by Crippen LogP contribution is 2.36. The van der Waals surface area contributed by atoms with Crippen molar-refractivity contribution in [2.75, 3.05) is 40.4 Å². The zero-order chi connectivity index (χ0) is 28.2. The van der Waals surface area contributed by atoms with Gasteiger partial charge in [0.25, 0.3) is 5.91 Å². The van der Waals surface area contributed by atoms with E-state index in [2.05, 4.69) is 39.1 Å². The zero-order valence-corrected chi connectivity index (χ0v) is 23.9. The Hall–Kier alpha value is -4.34. The number of aliphatic imine (C=N–C) groups is 1. The molecular weight excluding hydrogens is 534 g/mol. The van der Waals surface area contributed by atoms with Gasteiger partial charge in [0.05, 0.1) is 24.8 Å². The van der Waals surface area contributed by atoms with Crippen molar-refractivity contribution in [1.29, 1.82) is 0 Å². The van der Waals surface area contributed by atoms with Gasteiger partial charge in [-0.3, -0.25) is 9.69 Å². The molecule has 0 spiro atoms. The number of ether oxygens (including phenoxy) is 2. The lowest BCUT2D eigenvalue weighted by Gasteiger charge is -2.35. The summed E-state index contributed by atoms with van der Waals surface area (Å²) < 4.78 is 12.8. The molecule has 3 aromatic carbocycles. The Balaban J connectivity index is 1.23. The van der Waals surface area contributed by atoms with Gasteiger partial charge in [-0.05, 0) is 53.7 Å². The smallest absolute Gasteiger partial charge is 0.286 e. The summed E-state index contributed by atoms with van der Waals surface area (Å²) in [5, 5.41) is 5.67. The summed E-state index contributed by atoms with van der Waals surface area (Å²) in [7, 11) is 3.22. The van der Waals surface area contributed by atoms with Crippen LogP contribution >= 0.6 is 11.8 Å². The maximum absolute atomic E-state index is 13.1. The number of para-hydroxylation sites is 1. The van der Waals surface area contributed by atoms with E-state index in [0.717, 1.165) is 60.4 Å². The first kappa shape index (κ1) is 26.9. The molecule has 0 bridgehead atoms. The molecular formula is C32H31N5O3S. The molecule has 0 unspecified atom stereocenters. The third-order valence-electron chi connectivity index (χ3n) is 7.21. The molecule has 1 aromatic heterocycles. The number of hydrogen-bond donors (Lipinski definition) is 0. The summed E-state index contributed by atoms with van der Waals surface area (Å²) >= 11 is 1.44. The summed E-state index contributed by atoms with van der Waals surface area (Å²) in [5.41, 5.74) is 4.65. The zero-order valence-electron chi connectivity index (χ0n) is 23.1. The molecule has 0 radical (unpaired) electrons. The maximum Gasteiger partial charge on any atom is 0.286 e. The van der Waals surface area contributed by atoms with Crippen molar-refractivity contribution in [1.82, 2.24) is 19.6 Å². The van der Waals surface area contributed by atoms with Crippen LogP contribution in [0.15, 0.2) is 95.0 Å². The standard InChI is InChI=1S/C32H31N5O3S/c1-39-27-14-13-24(19-28(27)40-2)30-25(22-37(34-30)26-11-7-4-8-12-26)20-29-31(38)33-32(41-29)36-17-15-35(16-18-36)21-23-9-5-3-6-10-23/h3-14,19-20,22H,15-18,21H2,1-2H3. The van der Waals surface area contributed by atoms with Crippen LogP contribution in [0.1, 0.15) is 11.1 Å². The van der Waals surface area contributed by atoms with Gasteiger partial charge in [0.2, 0.25) is 0 Å². The van der Waals surface area contributed by atoms with Gasteiger partial charge in [0, 0.05) is 50.0 Å². The molecule has 6 rings (SSSR count). The Kier molecular flexibility index (Phi) is 7.89. The van der Waals surface area contributed by atoms with Gasteiger partial charge in [-0.2, -0.15) is 10.1 Å². The molecule has 41 heavy (non-hydrogen) atoms. The molecule has 8 nitrogen and oxygen atoms in total. The number of carbonyl (C=O) groups excluding carboxylic acids is 1. The quantitative estimate of drug-likeness (QED) is 0.280. The van der Waals surface area contributed by atoms with Gasteiger partial charge in [0.1, 0.15) is 5.69 Å². The van der Waals surface area contributed by atoms with E-state index in [0.29, 0.717) is 16.4 Å². The predicted molar refractivity (Wildman–Crippen MR) is 163 cm³/mol. The van der Waals surface area contributed by atoms with Crippen LogP contribution in [0.2, 0.25) is 0 Å². The highest BCUT2D eigenvalue weighted by atomic mass is 32.2. The van der Waals surface area contributed by atoms with Crippen molar-refractivity contribution in [2.24, 2.45) is 4.99 Å². The Morgan fingerprint density at radius 1 is 0.878 bits per heavy atom. The van der Waals surface area contributed by atoms with E-state index in [1.165, 1.54) is 17.3 Å².